The van der Waals surface area contributed by atoms with Crippen LogP contribution in [-0.2, 0) is 17.6 Å². The van der Waals surface area contributed by atoms with Gasteiger partial charge in [-0.2, -0.15) is 9.61 Å². The van der Waals surface area contributed by atoms with Gasteiger partial charge in [-0.3, -0.25) is 4.90 Å². The van der Waals surface area contributed by atoms with Gasteiger partial charge in [-0.25, -0.2) is 9.37 Å². The summed E-state index contributed by atoms with van der Waals surface area (Å²) in [6, 6.07) is 8.55. The minimum Gasteiger partial charge on any atom is -0.379 e. The van der Waals surface area contributed by atoms with Gasteiger partial charge in [0.15, 0.2) is 5.65 Å². The first-order valence-electron chi connectivity index (χ1n) is 11.0. The molecule has 1 aliphatic carbocycles. The maximum Gasteiger partial charge on any atom is 0.158 e. The number of aromatic nitrogens is 3. The number of ether oxygens (including phenoxy) is 1. The van der Waals surface area contributed by atoms with Crippen molar-refractivity contribution in [2.75, 3.05) is 44.7 Å². The summed E-state index contributed by atoms with van der Waals surface area (Å²) in [6.45, 7) is 5.67. The number of halogens is 1. The van der Waals surface area contributed by atoms with Crippen molar-refractivity contribution in [1.29, 1.82) is 0 Å². The van der Waals surface area contributed by atoms with Gasteiger partial charge >= 0.3 is 0 Å². The molecule has 5 rings (SSSR count). The summed E-state index contributed by atoms with van der Waals surface area (Å²) in [5.41, 5.74) is 4.81. The number of fused-ring (bicyclic) bond motifs is 2. The van der Waals surface area contributed by atoms with Crippen LogP contribution in [0.15, 0.2) is 30.3 Å². The fourth-order valence-corrected chi connectivity index (χ4v) is 4.45. The van der Waals surface area contributed by atoms with Gasteiger partial charge in [-0.15, -0.1) is 0 Å². The summed E-state index contributed by atoms with van der Waals surface area (Å²) < 4.78 is 21.1. The van der Waals surface area contributed by atoms with Gasteiger partial charge in [0.1, 0.15) is 11.6 Å². The van der Waals surface area contributed by atoms with Gasteiger partial charge in [0, 0.05) is 42.5 Å². The molecule has 1 fully saturated rings. The number of benzene rings is 1. The predicted molar refractivity (Wildman–Crippen MR) is 115 cm³/mol. The highest BCUT2D eigenvalue weighted by Crippen LogP contribution is 2.30. The Labute approximate surface area is 176 Å². The molecule has 1 aromatic carbocycles. The lowest BCUT2D eigenvalue weighted by Crippen LogP contribution is -2.37. The van der Waals surface area contributed by atoms with E-state index in [2.05, 4.69) is 10.2 Å². The highest BCUT2D eigenvalue weighted by atomic mass is 19.1. The van der Waals surface area contributed by atoms with E-state index in [4.69, 9.17) is 14.8 Å². The van der Waals surface area contributed by atoms with Crippen molar-refractivity contribution in [3.63, 3.8) is 0 Å². The maximum absolute atomic E-state index is 13.7. The molecule has 3 aromatic rings. The van der Waals surface area contributed by atoms with Crippen LogP contribution in [0.2, 0.25) is 0 Å². The molecule has 0 bridgehead atoms. The smallest absolute Gasteiger partial charge is 0.158 e. The average Bonchev–Trinajstić information content (AvgIpc) is 3.20. The summed E-state index contributed by atoms with van der Waals surface area (Å²) in [5, 5.41) is 8.46. The number of morpholine rings is 1. The van der Waals surface area contributed by atoms with E-state index in [0.29, 0.717) is 0 Å². The Morgan fingerprint density at radius 1 is 1.10 bits per heavy atom. The molecule has 30 heavy (non-hydrogen) atoms. The number of nitrogens with zero attached hydrogens (tertiary/aromatic N) is 4. The van der Waals surface area contributed by atoms with E-state index in [1.54, 1.807) is 6.07 Å². The molecule has 0 spiro atoms. The summed E-state index contributed by atoms with van der Waals surface area (Å²) in [6.07, 6.45) is 5.46. The van der Waals surface area contributed by atoms with E-state index in [1.807, 2.05) is 16.6 Å². The molecule has 6 nitrogen and oxygen atoms in total. The van der Waals surface area contributed by atoms with Gasteiger partial charge in [0.2, 0.25) is 0 Å². The third kappa shape index (κ3) is 4.04. The van der Waals surface area contributed by atoms with Crippen LogP contribution in [0.1, 0.15) is 30.5 Å². The molecule has 1 saturated heterocycles. The number of aryl methyl sites for hydroxylation is 1. The molecule has 0 radical (unpaired) electrons. The lowest BCUT2D eigenvalue weighted by molar-refractivity contribution is 0.0378. The summed E-state index contributed by atoms with van der Waals surface area (Å²) in [4.78, 5) is 7.35. The molecule has 7 heteroatoms. The highest BCUT2D eigenvalue weighted by Gasteiger charge is 2.20. The molecule has 158 valence electrons. The number of hydrogen-bond acceptors (Lipinski definition) is 5. The van der Waals surface area contributed by atoms with E-state index in [9.17, 15) is 4.39 Å². The van der Waals surface area contributed by atoms with Crippen molar-refractivity contribution in [3.8, 4) is 11.3 Å². The standard InChI is InChI=1S/C23H28FN5O/c24-18-6-3-5-17(15-18)21-16-22-26-20-8-2-1-7-19(20)23(29(22)27-21)25-9-4-10-28-11-13-30-14-12-28/h3,5-6,15-16,25H,1-2,4,7-14H2. The second-order valence-electron chi connectivity index (χ2n) is 8.14. The Balaban J connectivity index is 1.41. The second kappa shape index (κ2) is 8.70. The number of hydrogen-bond donors (Lipinski definition) is 1. The van der Waals surface area contributed by atoms with Crippen LogP contribution in [0.3, 0.4) is 0 Å². The maximum atomic E-state index is 13.7. The van der Waals surface area contributed by atoms with Crippen molar-refractivity contribution in [3.05, 3.63) is 47.4 Å². The number of nitrogens with one attached hydrogen (secondary N) is 1. The van der Waals surface area contributed by atoms with Crippen molar-refractivity contribution in [2.45, 2.75) is 32.1 Å². The number of anilines is 1. The van der Waals surface area contributed by atoms with E-state index in [-0.39, 0.29) is 5.82 Å². The van der Waals surface area contributed by atoms with Crippen LogP contribution in [0, 0.1) is 5.82 Å². The lowest BCUT2D eigenvalue weighted by atomic mass is 9.96. The van der Waals surface area contributed by atoms with Crippen LogP contribution in [0.5, 0.6) is 0 Å². The van der Waals surface area contributed by atoms with Crippen molar-refractivity contribution < 1.29 is 9.13 Å². The fraction of sp³-hybridized carbons (Fsp3) is 0.478. The van der Waals surface area contributed by atoms with Crippen LogP contribution >= 0.6 is 0 Å². The van der Waals surface area contributed by atoms with Crippen LogP contribution < -0.4 is 5.32 Å². The zero-order valence-electron chi connectivity index (χ0n) is 17.2. The molecular formula is C23H28FN5O. The average molecular weight is 410 g/mol. The highest BCUT2D eigenvalue weighted by molar-refractivity contribution is 5.67. The third-order valence-electron chi connectivity index (χ3n) is 6.04. The molecule has 1 aliphatic heterocycles. The molecular weight excluding hydrogens is 381 g/mol. The van der Waals surface area contributed by atoms with Gasteiger partial charge in [0.25, 0.3) is 0 Å². The molecule has 2 aromatic heterocycles. The minimum absolute atomic E-state index is 0.252. The fourth-order valence-electron chi connectivity index (χ4n) is 4.45. The van der Waals surface area contributed by atoms with Crippen LogP contribution in [0.4, 0.5) is 10.2 Å². The van der Waals surface area contributed by atoms with E-state index >= 15 is 0 Å². The molecule has 0 saturated carbocycles. The number of rotatable bonds is 6. The molecule has 3 heterocycles. The van der Waals surface area contributed by atoms with Crippen LogP contribution in [-0.4, -0.2) is 58.9 Å². The summed E-state index contributed by atoms with van der Waals surface area (Å²) in [5.74, 6) is 0.803. The van der Waals surface area contributed by atoms with E-state index in [1.165, 1.54) is 36.2 Å². The van der Waals surface area contributed by atoms with Gasteiger partial charge in [-0.05, 0) is 50.8 Å². The first-order chi connectivity index (χ1) is 14.8. The largest absolute Gasteiger partial charge is 0.379 e. The van der Waals surface area contributed by atoms with Crippen molar-refractivity contribution >= 4 is 11.5 Å². The first-order valence-corrected chi connectivity index (χ1v) is 11.0. The topological polar surface area (TPSA) is 54.7 Å². The SMILES string of the molecule is Fc1cccc(-c2cc3nc4c(c(NCCCN5CCOCC5)n3n2)CCCC4)c1. The van der Waals surface area contributed by atoms with Crippen LogP contribution in [0.25, 0.3) is 16.9 Å². The van der Waals surface area contributed by atoms with Gasteiger partial charge in [-0.1, -0.05) is 12.1 Å². The predicted octanol–water partition coefficient (Wildman–Crippen LogP) is 3.55. The summed E-state index contributed by atoms with van der Waals surface area (Å²) in [7, 11) is 0. The quantitative estimate of drug-likeness (QED) is 0.631. The molecule has 2 aliphatic rings. The summed E-state index contributed by atoms with van der Waals surface area (Å²) >= 11 is 0. The van der Waals surface area contributed by atoms with E-state index < -0.39 is 0 Å². The lowest BCUT2D eigenvalue weighted by Gasteiger charge is -2.26. The molecule has 0 amide bonds. The second-order valence-corrected chi connectivity index (χ2v) is 8.14. The Kier molecular flexibility index (Phi) is 5.64. The van der Waals surface area contributed by atoms with Crippen molar-refractivity contribution in [2.24, 2.45) is 0 Å². The van der Waals surface area contributed by atoms with Gasteiger partial charge in [0.05, 0.1) is 18.9 Å². The normalized spacial score (nSPS) is 17.2. The van der Waals surface area contributed by atoms with E-state index in [0.717, 1.165) is 81.4 Å². The zero-order valence-corrected chi connectivity index (χ0v) is 17.2. The Morgan fingerprint density at radius 2 is 1.97 bits per heavy atom. The Hall–Kier alpha value is -2.51. The molecule has 0 atom stereocenters. The molecule has 0 unspecified atom stereocenters. The Morgan fingerprint density at radius 3 is 2.83 bits per heavy atom. The monoisotopic (exact) mass is 409 g/mol. The minimum atomic E-state index is -0.252. The first kappa shape index (κ1) is 19.5. The van der Waals surface area contributed by atoms with Gasteiger partial charge < -0.3 is 10.1 Å². The Bertz CT molecular complexity index is 1030. The zero-order chi connectivity index (χ0) is 20.3. The van der Waals surface area contributed by atoms with Crippen molar-refractivity contribution in [1.82, 2.24) is 19.5 Å². The third-order valence-corrected chi connectivity index (χ3v) is 6.04. The molecule has 1 N–H and O–H groups in total.